The van der Waals surface area contributed by atoms with Gasteiger partial charge in [-0.3, -0.25) is 20.0 Å². The predicted molar refractivity (Wildman–Crippen MR) is 130 cm³/mol. The third-order valence-corrected chi connectivity index (χ3v) is 6.50. The van der Waals surface area contributed by atoms with Crippen molar-refractivity contribution in [3.63, 3.8) is 0 Å². The molecule has 1 amide bonds. The number of nitrogens with one attached hydrogen (secondary N) is 1. The van der Waals surface area contributed by atoms with Crippen LogP contribution < -0.4 is 4.74 Å². The number of carbonyl (C=O) groups is 1. The molecule has 1 fully saturated rings. The highest BCUT2D eigenvalue weighted by atomic mass is 35.5. The van der Waals surface area contributed by atoms with Gasteiger partial charge in [-0.05, 0) is 58.1 Å². The van der Waals surface area contributed by atoms with E-state index >= 15 is 0 Å². The molecule has 3 aromatic heterocycles. The standard InChI is InChI=1S/C25H29ClN6O3/c1-25(2,3)35-24(33)32-13-16-10-17(26)11-29-22(16)21-19(14-32)30-31-23(21)15-4-6-18(7-5-15)34-20-12-27-8-9-28-20/h8-12,15,18H,4-7,13-14H2,1-3H3,(H,30,31). The minimum absolute atomic E-state index is 0.104. The lowest BCUT2D eigenvalue weighted by Gasteiger charge is -2.28. The van der Waals surface area contributed by atoms with Gasteiger partial charge in [-0.2, -0.15) is 5.10 Å². The summed E-state index contributed by atoms with van der Waals surface area (Å²) < 4.78 is 11.7. The second kappa shape index (κ2) is 9.45. The molecular formula is C25H29ClN6O3. The summed E-state index contributed by atoms with van der Waals surface area (Å²) in [6.45, 7) is 6.30. The highest BCUT2D eigenvalue weighted by Gasteiger charge is 2.34. The van der Waals surface area contributed by atoms with Gasteiger partial charge in [-0.1, -0.05) is 11.6 Å². The van der Waals surface area contributed by atoms with Gasteiger partial charge in [0.1, 0.15) is 11.7 Å². The molecule has 1 aliphatic carbocycles. The first kappa shape index (κ1) is 23.5. The molecular weight excluding hydrogens is 468 g/mol. The molecule has 2 aliphatic rings. The molecule has 9 nitrogen and oxygen atoms in total. The zero-order valence-electron chi connectivity index (χ0n) is 20.1. The molecule has 1 N–H and O–H groups in total. The molecule has 5 rings (SSSR count). The van der Waals surface area contributed by atoms with Crippen LogP contribution in [0.25, 0.3) is 11.3 Å². The normalized spacial score (nSPS) is 19.9. The van der Waals surface area contributed by atoms with Crippen LogP contribution >= 0.6 is 11.6 Å². The van der Waals surface area contributed by atoms with E-state index in [0.29, 0.717) is 24.0 Å². The van der Waals surface area contributed by atoms with Crippen molar-refractivity contribution >= 4 is 17.7 Å². The molecule has 0 spiro atoms. The van der Waals surface area contributed by atoms with Gasteiger partial charge >= 0.3 is 6.09 Å². The number of pyridine rings is 1. The largest absolute Gasteiger partial charge is 0.473 e. The quantitative estimate of drug-likeness (QED) is 0.526. The van der Waals surface area contributed by atoms with Crippen LogP contribution in [0.3, 0.4) is 0 Å². The fourth-order valence-corrected chi connectivity index (χ4v) is 4.95. The average Bonchev–Trinajstić information content (AvgIpc) is 3.15. The zero-order chi connectivity index (χ0) is 24.6. The van der Waals surface area contributed by atoms with E-state index in [4.69, 9.17) is 26.2 Å². The van der Waals surface area contributed by atoms with Crippen molar-refractivity contribution in [2.45, 2.75) is 77.2 Å². The Morgan fingerprint density at radius 2 is 1.91 bits per heavy atom. The Morgan fingerprint density at radius 3 is 2.63 bits per heavy atom. The molecule has 35 heavy (non-hydrogen) atoms. The van der Waals surface area contributed by atoms with E-state index in [1.54, 1.807) is 29.7 Å². The van der Waals surface area contributed by atoms with Crippen LogP contribution in [0.1, 0.15) is 69.3 Å². The van der Waals surface area contributed by atoms with E-state index in [1.165, 1.54) is 0 Å². The number of nitrogens with zero attached hydrogens (tertiary/aromatic N) is 5. The Morgan fingerprint density at radius 1 is 1.11 bits per heavy atom. The zero-order valence-corrected chi connectivity index (χ0v) is 20.9. The van der Waals surface area contributed by atoms with Crippen LogP contribution in [-0.2, 0) is 17.8 Å². The van der Waals surface area contributed by atoms with Gasteiger partial charge < -0.3 is 9.47 Å². The number of ether oxygens (including phenoxy) is 2. The Bertz CT molecular complexity index is 1200. The first-order chi connectivity index (χ1) is 16.8. The molecule has 1 aliphatic heterocycles. The summed E-state index contributed by atoms with van der Waals surface area (Å²) >= 11 is 6.29. The lowest BCUT2D eigenvalue weighted by molar-refractivity contribution is 0.0216. The molecule has 0 atom stereocenters. The molecule has 0 bridgehead atoms. The Labute approximate surface area is 209 Å². The number of hydrogen-bond donors (Lipinski definition) is 1. The first-order valence-electron chi connectivity index (χ1n) is 11.9. The van der Waals surface area contributed by atoms with Crippen LogP contribution in [0.15, 0.2) is 30.9 Å². The number of amides is 1. The van der Waals surface area contributed by atoms with E-state index in [-0.39, 0.29) is 18.1 Å². The molecule has 3 aromatic rings. The number of aromatic amines is 1. The monoisotopic (exact) mass is 496 g/mol. The van der Waals surface area contributed by atoms with Gasteiger partial charge in [0.15, 0.2) is 0 Å². The van der Waals surface area contributed by atoms with Crippen molar-refractivity contribution < 1.29 is 14.3 Å². The Hall–Kier alpha value is -3.20. The number of hydrogen-bond acceptors (Lipinski definition) is 7. The Balaban J connectivity index is 1.40. The Kier molecular flexibility index (Phi) is 6.35. The first-order valence-corrected chi connectivity index (χ1v) is 12.3. The summed E-state index contributed by atoms with van der Waals surface area (Å²) in [5.41, 5.74) is 3.92. The average molecular weight is 497 g/mol. The molecule has 1 saturated carbocycles. The molecule has 4 heterocycles. The van der Waals surface area contributed by atoms with E-state index in [1.807, 2.05) is 26.8 Å². The molecule has 0 aromatic carbocycles. The van der Waals surface area contributed by atoms with E-state index in [2.05, 4.69) is 20.1 Å². The minimum Gasteiger partial charge on any atom is -0.473 e. The van der Waals surface area contributed by atoms with Crippen LogP contribution in [-0.4, -0.2) is 47.8 Å². The molecule has 184 valence electrons. The van der Waals surface area contributed by atoms with Crippen molar-refractivity contribution in [3.05, 3.63) is 52.8 Å². The third kappa shape index (κ3) is 5.24. The van der Waals surface area contributed by atoms with Gasteiger partial charge in [0.05, 0.1) is 41.4 Å². The summed E-state index contributed by atoms with van der Waals surface area (Å²) in [6, 6.07) is 1.87. The number of halogens is 1. The molecule has 0 radical (unpaired) electrons. The van der Waals surface area contributed by atoms with Crippen molar-refractivity contribution in [2.75, 3.05) is 0 Å². The minimum atomic E-state index is -0.590. The van der Waals surface area contributed by atoms with Gasteiger partial charge in [0.25, 0.3) is 0 Å². The van der Waals surface area contributed by atoms with Gasteiger partial charge in [0.2, 0.25) is 5.88 Å². The van der Waals surface area contributed by atoms with Crippen molar-refractivity contribution in [1.82, 2.24) is 30.0 Å². The third-order valence-electron chi connectivity index (χ3n) is 6.29. The maximum absolute atomic E-state index is 13.0. The second-order valence-electron chi connectivity index (χ2n) is 10.1. The number of aromatic nitrogens is 5. The summed E-state index contributed by atoms with van der Waals surface area (Å²) in [4.78, 5) is 27.6. The lowest BCUT2D eigenvalue weighted by atomic mass is 9.83. The van der Waals surface area contributed by atoms with Crippen LogP contribution in [0.4, 0.5) is 4.79 Å². The van der Waals surface area contributed by atoms with Gasteiger partial charge in [-0.25, -0.2) is 9.78 Å². The molecule has 0 unspecified atom stereocenters. The highest BCUT2D eigenvalue weighted by molar-refractivity contribution is 6.30. The van der Waals surface area contributed by atoms with Crippen molar-refractivity contribution in [3.8, 4) is 17.1 Å². The predicted octanol–water partition coefficient (Wildman–Crippen LogP) is 5.27. The second-order valence-corrected chi connectivity index (χ2v) is 10.5. The molecule has 10 heteroatoms. The van der Waals surface area contributed by atoms with E-state index < -0.39 is 5.60 Å². The maximum atomic E-state index is 13.0. The fraction of sp³-hybridized carbons (Fsp3) is 0.480. The number of H-pyrrole nitrogens is 1. The summed E-state index contributed by atoms with van der Waals surface area (Å²) in [7, 11) is 0. The van der Waals surface area contributed by atoms with Gasteiger partial charge in [0, 0.05) is 30.1 Å². The smallest absolute Gasteiger partial charge is 0.410 e. The number of carbonyl (C=O) groups excluding carboxylic acids is 1. The van der Waals surface area contributed by atoms with Gasteiger partial charge in [-0.15, -0.1) is 0 Å². The molecule has 0 saturated heterocycles. The van der Waals surface area contributed by atoms with Crippen molar-refractivity contribution in [2.24, 2.45) is 0 Å². The van der Waals surface area contributed by atoms with Crippen LogP contribution in [0.2, 0.25) is 5.02 Å². The van der Waals surface area contributed by atoms with Crippen LogP contribution in [0, 0.1) is 0 Å². The number of fused-ring (bicyclic) bond motifs is 3. The van der Waals surface area contributed by atoms with Crippen molar-refractivity contribution in [1.29, 1.82) is 0 Å². The highest BCUT2D eigenvalue weighted by Crippen LogP contribution is 2.41. The topological polar surface area (TPSA) is 106 Å². The maximum Gasteiger partial charge on any atom is 0.410 e. The lowest BCUT2D eigenvalue weighted by Crippen LogP contribution is -2.35. The van der Waals surface area contributed by atoms with Crippen LogP contribution in [0.5, 0.6) is 5.88 Å². The fourth-order valence-electron chi connectivity index (χ4n) is 4.77. The SMILES string of the molecule is CC(C)(C)OC(=O)N1Cc2cc(Cl)cnc2-c2c(C3CCC(Oc4cnccn4)CC3)n[nH]c2C1. The van der Waals surface area contributed by atoms with E-state index in [9.17, 15) is 4.79 Å². The summed E-state index contributed by atoms with van der Waals surface area (Å²) in [6.07, 6.45) is 9.94. The number of rotatable bonds is 3. The summed E-state index contributed by atoms with van der Waals surface area (Å²) in [5, 5.41) is 8.45. The summed E-state index contributed by atoms with van der Waals surface area (Å²) in [5.74, 6) is 0.817. The van der Waals surface area contributed by atoms with E-state index in [0.717, 1.165) is 53.9 Å².